The molecule has 3 heterocycles. The molecule has 1 aromatic rings. The van der Waals surface area contributed by atoms with Gasteiger partial charge in [0, 0.05) is 32.2 Å². The van der Waals surface area contributed by atoms with Crippen LogP contribution in [0.4, 0.5) is 11.6 Å². The fourth-order valence-electron chi connectivity index (χ4n) is 3.71. The number of nitrogens with zero attached hydrogens (tertiary/aromatic N) is 4. The average molecular weight is 333 g/mol. The van der Waals surface area contributed by atoms with E-state index < -0.39 is 0 Å². The summed E-state index contributed by atoms with van der Waals surface area (Å²) < 4.78 is 0. The monoisotopic (exact) mass is 333 g/mol. The molecule has 7 nitrogen and oxygen atoms in total. The van der Waals surface area contributed by atoms with Gasteiger partial charge >= 0.3 is 0 Å². The number of carbonyl (C=O) groups excluding carboxylic acids is 1. The van der Waals surface area contributed by atoms with Gasteiger partial charge in [-0.2, -0.15) is 0 Å². The second-order valence-corrected chi connectivity index (χ2v) is 6.59. The number of aromatic nitrogens is 2. The van der Waals surface area contributed by atoms with Crippen molar-refractivity contribution in [3.8, 4) is 0 Å². The van der Waals surface area contributed by atoms with Crippen molar-refractivity contribution in [2.75, 3.05) is 42.6 Å². The summed E-state index contributed by atoms with van der Waals surface area (Å²) in [5.74, 6) is 1.90. The molecule has 132 valence electrons. The first kappa shape index (κ1) is 17.0. The van der Waals surface area contributed by atoms with E-state index in [-0.39, 0.29) is 24.5 Å². The van der Waals surface area contributed by atoms with Gasteiger partial charge in [0.25, 0.3) is 0 Å². The van der Waals surface area contributed by atoms with Crippen molar-refractivity contribution in [2.24, 2.45) is 5.92 Å². The number of carbonyl (C=O) groups is 1. The number of rotatable bonds is 5. The molecule has 24 heavy (non-hydrogen) atoms. The van der Waals surface area contributed by atoms with Crippen LogP contribution in [0, 0.1) is 5.92 Å². The van der Waals surface area contributed by atoms with E-state index in [4.69, 9.17) is 0 Å². The zero-order valence-corrected chi connectivity index (χ0v) is 14.3. The van der Waals surface area contributed by atoms with Crippen molar-refractivity contribution in [3.05, 3.63) is 12.4 Å². The van der Waals surface area contributed by atoms with Gasteiger partial charge in [-0.15, -0.1) is 0 Å². The molecule has 2 aliphatic heterocycles. The molecule has 2 aliphatic rings. The van der Waals surface area contributed by atoms with Crippen LogP contribution in [0.3, 0.4) is 0 Å². The SMILES string of the molecule is CCNC(=O)[C@H]1CCCN(c2cc(N3CCC[C@@H]3CO)ncn2)C1. The molecule has 0 aromatic carbocycles. The molecule has 0 aliphatic carbocycles. The number of amides is 1. The lowest BCUT2D eigenvalue weighted by atomic mass is 9.97. The first-order valence-corrected chi connectivity index (χ1v) is 8.95. The molecule has 0 saturated carbocycles. The predicted molar refractivity (Wildman–Crippen MR) is 93.1 cm³/mol. The smallest absolute Gasteiger partial charge is 0.224 e. The van der Waals surface area contributed by atoms with Gasteiger partial charge in [0.15, 0.2) is 0 Å². The third-order valence-corrected chi connectivity index (χ3v) is 4.99. The maximum absolute atomic E-state index is 12.1. The highest BCUT2D eigenvalue weighted by molar-refractivity contribution is 5.79. The number of aliphatic hydroxyl groups is 1. The van der Waals surface area contributed by atoms with E-state index >= 15 is 0 Å². The first-order chi connectivity index (χ1) is 11.7. The Labute approximate surface area is 143 Å². The van der Waals surface area contributed by atoms with Crippen LogP contribution in [0.1, 0.15) is 32.6 Å². The van der Waals surface area contributed by atoms with E-state index in [1.165, 1.54) is 0 Å². The molecule has 1 aromatic heterocycles. The van der Waals surface area contributed by atoms with Crippen molar-refractivity contribution in [1.82, 2.24) is 15.3 Å². The highest BCUT2D eigenvalue weighted by atomic mass is 16.3. The Kier molecular flexibility index (Phi) is 5.50. The van der Waals surface area contributed by atoms with E-state index in [1.807, 2.05) is 13.0 Å². The maximum Gasteiger partial charge on any atom is 0.224 e. The Morgan fingerprint density at radius 1 is 1.29 bits per heavy atom. The number of piperidine rings is 1. The number of hydrogen-bond donors (Lipinski definition) is 2. The fraction of sp³-hybridized carbons (Fsp3) is 0.706. The topological polar surface area (TPSA) is 81.6 Å². The van der Waals surface area contributed by atoms with Crippen LogP contribution in [0.2, 0.25) is 0 Å². The third kappa shape index (κ3) is 3.61. The molecular formula is C17H27N5O2. The maximum atomic E-state index is 12.1. The Balaban J connectivity index is 1.72. The molecule has 2 fully saturated rings. The fourth-order valence-corrected chi connectivity index (χ4v) is 3.71. The average Bonchev–Trinajstić information content (AvgIpc) is 3.11. The van der Waals surface area contributed by atoms with Gasteiger partial charge in [0.2, 0.25) is 5.91 Å². The van der Waals surface area contributed by atoms with Crippen molar-refractivity contribution < 1.29 is 9.90 Å². The van der Waals surface area contributed by atoms with Crippen molar-refractivity contribution in [1.29, 1.82) is 0 Å². The van der Waals surface area contributed by atoms with Gasteiger partial charge in [0.1, 0.15) is 18.0 Å². The van der Waals surface area contributed by atoms with Crippen molar-refractivity contribution in [2.45, 2.75) is 38.6 Å². The lowest BCUT2D eigenvalue weighted by Gasteiger charge is -2.33. The summed E-state index contributed by atoms with van der Waals surface area (Å²) in [7, 11) is 0. The van der Waals surface area contributed by atoms with Gasteiger partial charge in [-0.25, -0.2) is 9.97 Å². The zero-order valence-electron chi connectivity index (χ0n) is 14.3. The number of nitrogens with one attached hydrogen (secondary N) is 1. The molecule has 3 rings (SSSR count). The van der Waals surface area contributed by atoms with E-state index in [0.717, 1.165) is 50.4 Å². The molecule has 7 heteroatoms. The zero-order chi connectivity index (χ0) is 16.9. The molecule has 0 spiro atoms. The lowest BCUT2D eigenvalue weighted by molar-refractivity contribution is -0.125. The highest BCUT2D eigenvalue weighted by Crippen LogP contribution is 2.27. The van der Waals surface area contributed by atoms with Gasteiger partial charge in [0.05, 0.1) is 18.6 Å². The van der Waals surface area contributed by atoms with E-state index in [0.29, 0.717) is 13.1 Å². The predicted octanol–water partition coefficient (Wildman–Crippen LogP) is 0.790. The Morgan fingerprint density at radius 2 is 2.08 bits per heavy atom. The van der Waals surface area contributed by atoms with E-state index in [2.05, 4.69) is 25.1 Å². The lowest BCUT2D eigenvalue weighted by Crippen LogP contribution is -2.43. The Hall–Kier alpha value is -1.89. The molecule has 0 unspecified atom stereocenters. The van der Waals surface area contributed by atoms with Crippen LogP contribution in [-0.4, -0.2) is 59.8 Å². The molecule has 2 saturated heterocycles. The van der Waals surface area contributed by atoms with Crippen molar-refractivity contribution in [3.63, 3.8) is 0 Å². The largest absolute Gasteiger partial charge is 0.394 e. The summed E-state index contributed by atoms with van der Waals surface area (Å²) in [5, 5.41) is 12.4. The Bertz CT molecular complexity index is 568. The van der Waals surface area contributed by atoms with Gasteiger partial charge in [-0.05, 0) is 32.6 Å². The molecule has 1 amide bonds. The molecule has 0 radical (unpaired) electrons. The molecule has 0 bridgehead atoms. The normalized spacial score (nSPS) is 24.2. The quantitative estimate of drug-likeness (QED) is 0.829. The van der Waals surface area contributed by atoms with Crippen LogP contribution < -0.4 is 15.1 Å². The number of anilines is 2. The van der Waals surface area contributed by atoms with Crippen LogP contribution in [0.15, 0.2) is 12.4 Å². The minimum absolute atomic E-state index is 0.0223. The summed E-state index contributed by atoms with van der Waals surface area (Å²) in [5.41, 5.74) is 0. The van der Waals surface area contributed by atoms with Crippen LogP contribution in [0.5, 0.6) is 0 Å². The van der Waals surface area contributed by atoms with Crippen LogP contribution >= 0.6 is 0 Å². The van der Waals surface area contributed by atoms with E-state index in [1.54, 1.807) is 6.33 Å². The van der Waals surface area contributed by atoms with Crippen LogP contribution in [0.25, 0.3) is 0 Å². The van der Waals surface area contributed by atoms with Crippen molar-refractivity contribution >= 4 is 17.5 Å². The number of aliphatic hydroxyl groups excluding tert-OH is 1. The van der Waals surface area contributed by atoms with Crippen LogP contribution in [-0.2, 0) is 4.79 Å². The van der Waals surface area contributed by atoms with Gasteiger partial charge in [-0.1, -0.05) is 0 Å². The van der Waals surface area contributed by atoms with E-state index in [9.17, 15) is 9.90 Å². The molecular weight excluding hydrogens is 306 g/mol. The summed E-state index contributed by atoms with van der Waals surface area (Å²) >= 11 is 0. The minimum Gasteiger partial charge on any atom is -0.394 e. The summed E-state index contributed by atoms with van der Waals surface area (Å²) in [6.45, 7) is 5.31. The third-order valence-electron chi connectivity index (χ3n) is 4.99. The standard InChI is InChI=1S/C17H27N5O2/c1-2-18-17(24)13-5-3-7-21(10-13)15-9-16(20-12-19-15)22-8-4-6-14(22)11-23/h9,12-14,23H,2-8,10-11H2,1H3,(H,18,24)/t13-,14+/m0/s1. The summed E-state index contributed by atoms with van der Waals surface area (Å²) in [6.07, 6.45) is 5.59. The number of hydrogen-bond acceptors (Lipinski definition) is 6. The minimum atomic E-state index is 0.0223. The van der Waals surface area contributed by atoms with Gasteiger partial charge in [-0.3, -0.25) is 4.79 Å². The highest BCUT2D eigenvalue weighted by Gasteiger charge is 2.28. The second-order valence-electron chi connectivity index (χ2n) is 6.59. The first-order valence-electron chi connectivity index (χ1n) is 8.95. The molecule has 2 N–H and O–H groups in total. The Morgan fingerprint density at radius 3 is 2.88 bits per heavy atom. The second kappa shape index (κ2) is 7.79. The summed E-state index contributed by atoms with van der Waals surface area (Å²) in [4.78, 5) is 25.3. The summed E-state index contributed by atoms with van der Waals surface area (Å²) in [6, 6.07) is 2.14. The van der Waals surface area contributed by atoms with Gasteiger partial charge < -0.3 is 20.2 Å². The molecule has 2 atom stereocenters.